The van der Waals surface area contributed by atoms with Crippen molar-refractivity contribution in [2.24, 2.45) is 11.8 Å². The Balaban J connectivity index is 1.76. The second kappa shape index (κ2) is 6.71. The fourth-order valence-corrected chi connectivity index (χ4v) is 3.34. The van der Waals surface area contributed by atoms with Gasteiger partial charge in [0.05, 0.1) is 6.10 Å². The summed E-state index contributed by atoms with van der Waals surface area (Å²) in [5, 5.41) is 8.94. The van der Waals surface area contributed by atoms with Gasteiger partial charge in [0.25, 0.3) is 0 Å². The van der Waals surface area contributed by atoms with Crippen LogP contribution in [-0.4, -0.2) is 47.8 Å². The minimum absolute atomic E-state index is 0.122. The van der Waals surface area contributed by atoms with Gasteiger partial charge in [0.2, 0.25) is 0 Å². The molecule has 1 N–H and O–H groups in total. The van der Waals surface area contributed by atoms with Gasteiger partial charge < -0.3 is 14.7 Å². The maximum Gasteiger partial charge on any atom is 0.332 e. The summed E-state index contributed by atoms with van der Waals surface area (Å²) in [5.41, 5.74) is 0. The molecule has 3 unspecified atom stereocenters. The van der Waals surface area contributed by atoms with Gasteiger partial charge in [0, 0.05) is 6.54 Å². The Bertz CT molecular complexity index is 306. The molecule has 0 saturated carbocycles. The van der Waals surface area contributed by atoms with Crippen LogP contribution in [-0.2, 0) is 9.53 Å². The average molecular weight is 269 g/mol. The molecule has 0 bridgehead atoms. The molecule has 110 valence electrons. The third-order valence-electron chi connectivity index (χ3n) is 4.65. The van der Waals surface area contributed by atoms with Gasteiger partial charge in [-0.1, -0.05) is 13.8 Å². The highest BCUT2D eigenvalue weighted by molar-refractivity contribution is 5.72. The van der Waals surface area contributed by atoms with Gasteiger partial charge >= 0.3 is 5.97 Å². The van der Waals surface area contributed by atoms with Gasteiger partial charge in [-0.25, -0.2) is 4.79 Å². The fraction of sp³-hybridized carbons (Fsp3) is 0.933. The molecule has 2 aliphatic rings. The topological polar surface area (TPSA) is 49.8 Å². The zero-order valence-electron chi connectivity index (χ0n) is 12.2. The van der Waals surface area contributed by atoms with E-state index >= 15 is 0 Å². The van der Waals surface area contributed by atoms with E-state index in [2.05, 4.69) is 18.7 Å². The maximum absolute atomic E-state index is 10.9. The van der Waals surface area contributed by atoms with E-state index in [1.165, 1.54) is 19.3 Å². The van der Waals surface area contributed by atoms with Gasteiger partial charge in [-0.05, 0) is 57.0 Å². The first-order valence-electron chi connectivity index (χ1n) is 7.67. The van der Waals surface area contributed by atoms with Crippen molar-refractivity contribution in [1.29, 1.82) is 0 Å². The highest BCUT2D eigenvalue weighted by atomic mass is 16.5. The van der Waals surface area contributed by atoms with Crippen LogP contribution in [0.5, 0.6) is 0 Å². The van der Waals surface area contributed by atoms with Crippen LogP contribution < -0.4 is 0 Å². The maximum atomic E-state index is 10.9. The van der Waals surface area contributed by atoms with Crippen molar-refractivity contribution in [3.8, 4) is 0 Å². The molecule has 0 spiro atoms. The first kappa shape index (κ1) is 14.8. The van der Waals surface area contributed by atoms with E-state index in [1.54, 1.807) is 0 Å². The number of carbonyl (C=O) groups is 1. The number of hydrogen-bond acceptors (Lipinski definition) is 3. The van der Waals surface area contributed by atoms with E-state index in [0.717, 1.165) is 37.9 Å². The zero-order valence-corrected chi connectivity index (χ0v) is 12.2. The molecule has 2 fully saturated rings. The molecule has 4 heteroatoms. The van der Waals surface area contributed by atoms with Crippen LogP contribution in [0.25, 0.3) is 0 Å². The number of carboxylic acids is 1. The number of carboxylic acid groups (broad SMARTS) is 1. The van der Waals surface area contributed by atoms with E-state index in [4.69, 9.17) is 9.84 Å². The predicted octanol–water partition coefficient (Wildman–Crippen LogP) is 2.38. The van der Waals surface area contributed by atoms with Gasteiger partial charge in [-0.2, -0.15) is 0 Å². The third-order valence-corrected chi connectivity index (χ3v) is 4.65. The molecule has 2 heterocycles. The number of nitrogens with zero attached hydrogens (tertiary/aromatic N) is 1. The Kier molecular flexibility index (Phi) is 5.22. The summed E-state index contributed by atoms with van der Waals surface area (Å²) in [5.74, 6) is 0.818. The Morgan fingerprint density at radius 3 is 2.68 bits per heavy atom. The van der Waals surface area contributed by atoms with Crippen molar-refractivity contribution < 1.29 is 14.6 Å². The van der Waals surface area contributed by atoms with Crippen molar-refractivity contribution in [2.45, 2.75) is 58.2 Å². The molecule has 2 saturated heterocycles. The molecule has 0 aliphatic carbocycles. The average Bonchev–Trinajstić information content (AvgIpc) is 2.68. The molecule has 0 aromatic carbocycles. The number of hydrogen-bond donors (Lipinski definition) is 1. The van der Waals surface area contributed by atoms with Crippen molar-refractivity contribution >= 4 is 5.97 Å². The first-order valence-corrected chi connectivity index (χ1v) is 7.67. The lowest BCUT2D eigenvalue weighted by Gasteiger charge is -2.24. The molecule has 0 amide bonds. The summed E-state index contributed by atoms with van der Waals surface area (Å²) in [6.07, 6.45) is 4.98. The summed E-state index contributed by atoms with van der Waals surface area (Å²) in [4.78, 5) is 13.3. The van der Waals surface area contributed by atoms with Crippen molar-refractivity contribution in [3.63, 3.8) is 0 Å². The number of likely N-dealkylation sites (tertiary alicyclic amines) is 1. The minimum atomic E-state index is -0.807. The highest BCUT2D eigenvalue weighted by Gasteiger charge is 2.32. The van der Waals surface area contributed by atoms with E-state index in [9.17, 15) is 4.79 Å². The standard InChI is InChI=1S/C15H27NO3/c1-11(2)12-4-3-8-16(9-7-12)10-13-5-6-14(19-13)15(17)18/h11-14H,3-10H2,1-2H3,(H,17,18). The Morgan fingerprint density at radius 2 is 2.05 bits per heavy atom. The molecule has 19 heavy (non-hydrogen) atoms. The quantitative estimate of drug-likeness (QED) is 0.851. The summed E-state index contributed by atoms with van der Waals surface area (Å²) < 4.78 is 5.60. The minimum Gasteiger partial charge on any atom is -0.479 e. The first-order chi connectivity index (χ1) is 9.06. The smallest absolute Gasteiger partial charge is 0.332 e. The fourth-order valence-electron chi connectivity index (χ4n) is 3.34. The lowest BCUT2D eigenvalue weighted by molar-refractivity contribution is -0.149. The van der Waals surface area contributed by atoms with Crippen LogP contribution in [0.2, 0.25) is 0 Å². The van der Waals surface area contributed by atoms with Crippen LogP contribution in [0.1, 0.15) is 46.0 Å². The molecule has 0 aromatic heterocycles. The molecular weight excluding hydrogens is 242 g/mol. The Hall–Kier alpha value is -0.610. The number of aliphatic carboxylic acids is 1. The SMILES string of the molecule is CC(C)C1CCCN(CC2CCC(C(=O)O)O2)CC1. The summed E-state index contributed by atoms with van der Waals surface area (Å²) in [6, 6.07) is 0. The van der Waals surface area contributed by atoms with E-state index < -0.39 is 12.1 Å². The largest absolute Gasteiger partial charge is 0.479 e. The van der Waals surface area contributed by atoms with Crippen molar-refractivity contribution in [3.05, 3.63) is 0 Å². The molecule has 2 aliphatic heterocycles. The van der Waals surface area contributed by atoms with Crippen LogP contribution in [0, 0.1) is 11.8 Å². The van der Waals surface area contributed by atoms with E-state index in [1.807, 2.05) is 0 Å². The van der Waals surface area contributed by atoms with E-state index in [0.29, 0.717) is 6.42 Å². The van der Waals surface area contributed by atoms with Gasteiger partial charge in [-0.3, -0.25) is 0 Å². The van der Waals surface area contributed by atoms with Crippen molar-refractivity contribution in [2.75, 3.05) is 19.6 Å². The molecule has 0 aromatic rings. The van der Waals surface area contributed by atoms with Gasteiger partial charge in [0.1, 0.15) is 0 Å². The van der Waals surface area contributed by atoms with Crippen LogP contribution >= 0.6 is 0 Å². The van der Waals surface area contributed by atoms with Gasteiger partial charge in [-0.15, -0.1) is 0 Å². The highest BCUT2D eigenvalue weighted by Crippen LogP contribution is 2.26. The Morgan fingerprint density at radius 1 is 1.26 bits per heavy atom. The van der Waals surface area contributed by atoms with Crippen LogP contribution in [0.15, 0.2) is 0 Å². The second-order valence-corrected chi connectivity index (χ2v) is 6.40. The van der Waals surface area contributed by atoms with Crippen LogP contribution in [0.4, 0.5) is 0 Å². The summed E-state index contributed by atoms with van der Waals surface area (Å²) in [7, 11) is 0. The number of rotatable bonds is 4. The molecule has 2 rings (SSSR count). The lowest BCUT2D eigenvalue weighted by Crippen LogP contribution is -2.34. The normalized spacial score (nSPS) is 33.5. The van der Waals surface area contributed by atoms with Crippen molar-refractivity contribution in [1.82, 2.24) is 4.90 Å². The zero-order chi connectivity index (χ0) is 13.8. The molecular formula is C15H27NO3. The van der Waals surface area contributed by atoms with E-state index in [-0.39, 0.29) is 6.10 Å². The monoisotopic (exact) mass is 269 g/mol. The Labute approximate surface area is 116 Å². The molecule has 3 atom stereocenters. The van der Waals surface area contributed by atoms with Crippen LogP contribution in [0.3, 0.4) is 0 Å². The molecule has 4 nitrogen and oxygen atoms in total. The molecule has 0 radical (unpaired) electrons. The predicted molar refractivity (Wildman–Crippen MR) is 74.1 cm³/mol. The van der Waals surface area contributed by atoms with Gasteiger partial charge in [0.15, 0.2) is 6.10 Å². The second-order valence-electron chi connectivity index (χ2n) is 6.40. The lowest BCUT2D eigenvalue weighted by atomic mass is 9.89. The summed E-state index contributed by atoms with van der Waals surface area (Å²) >= 11 is 0. The number of ether oxygens (including phenoxy) is 1. The third kappa shape index (κ3) is 4.18. The summed E-state index contributed by atoms with van der Waals surface area (Å²) in [6.45, 7) is 7.82.